The zero-order valence-corrected chi connectivity index (χ0v) is 14.6. The molecule has 0 bridgehead atoms. The van der Waals surface area contributed by atoms with Crippen molar-refractivity contribution in [1.29, 1.82) is 0 Å². The van der Waals surface area contributed by atoms with Crippen LogP contribution in [0.2, 0.25) is 0 Å². The third kappa shape index (κ3) is 3.92. The van der Waals surface area contributed by atoms with E-state index in [0.29, 0.717) is 5.69 Å². The molecule has 0 atom stereocenters. The SMILES string of the molecule is O=C(O)c1cccc(C(=O)N2CCN(S(=O)(=O)Cc3ccon3)CC2)c1. The average Bonchev–Trinajstić information content (AvgIpc) is 3.13. The number of carbonyl (C=O) groups excluding carboxylic acids is 1. The lowest BCUT2D eigenvalue weighted by molar-refractivity contribution is 0.0696. The Morgan fingerprint density at radius 2 is 1.81 bits per heavy atom. The number of amides is 1. The Balaban J connectivity index is 1.64. The van der Waals surface area contributed by atoms with E-state index >= 15 is 0 Å². The van der Waals surface area contributed by atoms with Gasteiger partial charge in [0, 0.05) is 37.8 Å². The van der Waals surface area contributed by atoms with E-state index in [1.165, 1.54) is 39.7 Å². The van der Waals surface area contributed by atoms with E-state index in [2.05, 4.69) is 9.68 Å². The first-order valence-electron chi connectivity index (χ1n) is 7.86. The predicted molar refractivity (Wildman–Crippen MR) is 90.0 cm³/mol. The van der Waals surface area contributed by atoms with E-state index < -0.39 is 16.0 Å². The van der Waals surface area contributed by atoms with Gasteiger partial charge in [0.2, 0.25) is 10.0 Å². The summed E-state index contributed by atoms with van der Waals surface area (Å²) < 4.78 is 30.8. The minimum Gasteiger partial charge on any atom is -0.478 e. The molecule has 1 aromatic heterocycles. The first-order valence-corrected chi connectivity index (χ1v) is 9.47. The Morgan fingerprint density at radius 1 is 1.12 bits per heavy atom. The number of sulfonamides is 1. The first kappa shape index (κ1) is 18.1. The Morgan fingerprint density at radius 3 is 2.42 bits per heavy atom. The van der Waals surface area contributed by atoms with Crippen LogP contribution in [0.1, 0.15) is 26.4 Å². The van der Waals surface area contributed by atoms with Crippen molar-refractivity contribution in [2.45, 2.75) is 5.75 Å². The summed E-state index contributed by atoms with van der Waals surface area (Å²) in [4.78, 5) is 25.1. The summed E-state index contributed by atoms with van der Waals surface area (Å²) in [5, 5.41) is 12.6. The lowest BCUT2D eigenvalue weighted by Crippen LogP contribution is -2.50. The van der Waals surface area contributed by atoms with Crippen LogP contribution < -0.4 is 0 Å². The summed E-state index contributed by atoms with van der Waals surface area (Å²) in [6, 6.07) is 7.27. The normalized spacial score (nSPS) is 15.8. The van der Waals surface area contributed by atoms with E-state index in [1.807, 2.05) is 0 Å². The van der Waals surface area contributed by atoms with E-state index in [-0.39, 0.29) is 49.0 Å². The lowest BCUT2D eigenvalue weighted by Gasteiger charge is -2.34. The summed E-state index contributed by atoms with van der Waals surface area (Å²) in [6.07, 6.45) is 1.31. The molecule has 0 spiro atoms. The van der Waals surface area contributed by atoms with Crippen molar-refractivity contribution in [3.05, 3.63) is 53.4 Å². The van der Waals surface area contributed by atoms with Crippen LogP contribution in [-0.2, 0) is 15.8 Å². The van der Waals surface area contributed by atoms with Gasteiger partial charge < -0.3 is 14.5 Å². The van der Waals surface area contributed by atoms with Crippen LogP contribution >= 0.6 is 0 Å². The number of carbonyl (C=O) groups is 2. The number of benzene rings is 1. The minimum absolute atomic E-state index is 0.0321. The summed E-state index contributed by atoms with van der Waals surface area (Å²) >= 11 is 0. The van der Waals surface area contributed by atoms with Gasteiger partial charge in [0.05, 0.1) is 11.3 Å². The van der Waals surface area contributed by atoms with Crippen LogP contribution in [0, 0.1) is 0 Å². The van der Waals surface area contributed by atoms with Crippen molar-refractivity contribution in [2.75, 3.05) is 26.2 Å². The second kappa shape index (κ2) is 7.26. The molecule has 9 nitrogen and oxygen atoms in total. The Hall–Kier alpha value is -2.72. The van der Waals surface area contributed by atoms with Crippen molar-refractivity contribution < 1.29 is 27.6 Å². The van der Waals surface area contributed by atoms with Crippen molar-refractivity contribution in [3.63, 3.8) is 0 Å². The molecule has 26 heavy (non-hydrogen) atoms. The molecule has 0 saturated carbocycles. The van der Waals surface area contributed by atoms with Crippen LogP contribution in [0.25, 0.3) is 0 Å². The molecule has 1 fully saturated rings. The van der Waals surface area contributed by atoms with Gasteiger partial charge in [-0.25, -0.2) is 13.2 Å². The average molecular weight is 379 g/mol. The fourth-order valence-electron chi connectivity index (χ4n) is 2.73. The number of rotatable bonds is 5. The highest BCUT2D eigenvalue weighted by Gasteiger charge is 2.30. The molecule has 1 aromatic carbocycles. The Labute approximate surface area is 149 Å². The summed E-state index contributed by atoms with van der Waals surface area (Å²) in [5.74, 6) is -1.68. The van der Waals surface area contributed by atoms with Gasteiger partial charge in [0.15, 0.2) is 0 Å². The maximum atomic E-state index is 12.5. The monoisotopic (exact) mass is 379 g/mol. The molecule has 1 aliphatic rings. The summed E-state index contributed by atoms with van der Waals surface area (Å²) in [5.41, 5.74) is 0.627. The molecule has 0 aliphatic carbocycles. The molecule has 1 amide bonds. The fourth-order valence-corrected chi connectivity index (χ4v) is 4.15. The Bertz CT molecular complexity index is 902. The molecule has 0 unspecified atom stereocenters. The van der Waals surface area contributed by atoms with Gasteiger partial charge in [0.1, 0.15) is 12.0 Å². The van der Waals surface area contributed by atoms with Crippen molar-refractivity contribution in [1.82, 2.24) is 14.4 Å². The van der Waals surface area contributed by atoms with Crippen molar-refractivity contribution >= 4 is 21.9 Å². The quantitative estimate of drug-likeness (QED) is 0.810. The molecule has 3 rings (SSSR count). The minimum atomic E-state index is -3.54. The molecular formula is C16H17N3O6S. The largest absolute Gasteiger partial charge is 0.478 e. The summed E-state index contributed by atoms with van der Waals surface area (Å²) in [6.45, 7) is 0.803. The number of carboxylic acid groups (broad SMARTS) is 1. The van der Waals surface area contributed by atoms with Crippen LogP contribution in [0.4, 0.5) is 0 Å². The molecule has 10 heteroatoms. The maximum absolute atomic E-state index is 12.5. The highest BCUT2D eigenvalue weighted by atomic mass is 32.2. The van der Waals surface area contributed by atoms with Gasteiger partial charge >= 0.3 is 5.97 Å². The summed E-state index contributed by atoms with van der Waals surface area (Å²) in [7, 11) is -3.54. The van der Waals surface area contributed by atoms with Gasteiger partial charge in [-0.2, -0.15) is 4.31 Å². The molecule has 1 aliphatic heterocycles. The number of hydrogen-bond acceptors (Lipinski definition) is 6. The molecule has 2 heterocycles. The van der Waals surface area contributed by atoms with Gasteiger partial charge in [-0.15, -0.1) is 0 Å². The van der Waals surface area contributed by atoms with Crippen LogP contribution in [0.15, 0.2) is 41.1 Å². The van der Waals surface area contributed by atoms with Gasteiger partial charge in [-0.3, -0.25) is 4.79 Å². The van der Waals surface area contributed by atoms with Crippen LogP contribution in [0.3, 0.4) is 0 Å². The molecule has 1 saturated heterocycles. The maximum Gasteiger partial charge on any atom is 0.335 e. The third-order valence-electron chi connectivity index (χ3n) is 4.10. The lowest BCUT2D eigenvalue weighted by atomic mass is 10.1. The predicted octanol–water partition coefficient (Wildman–Crippen LogP) is 0.661. The van der Waals surface area contributed by atoms with Crippen LogP contribution in [0.5, 0.6) is 0 Å². The first-order chi connectivity index (χ1) is 12.4. The van der Waals surface area contributed by atoms with Gasteiger partial charge in [-0.05, 0) is 18.2 Å². The molecule has 0 radical (unpaired) electrons. The van der Waals surface area contributed by atoms with E-state index in [4.69, 9.17) is 5.11 Å². The number of piperazine rings is 1. The molecule has 1 N–H and O–H groups in total. The number of hydrogen-bond donors (Lipinski definition) is 1. The number of carboxylic acids is 1. The van der Waals surface area contributed by atoms with Crippen LogP contribution in [-0.4, -0.2) is 65.9 Å². The number of nitrogens with zero attached hydrogens (tertiary/aromatic N) is 3. The second-order valence-corrected chi connectivity index (χ2v) is 7.79. The third-order valence-corrected chi connectivity index (χ3v) is 5.91. The highest BCUT2D eigenvalue weighted by Crippen LogP contribution is 2.15. The molecule has 138 valence electrons. The molecule has 2 aromatic rings. The molecular weight excluding hydrogens is 362 g/mol. The number of aromatic carboxylic acids is 1. The highest BCUT2D eigenvalue weighted by molar-refractivity contribution is 7.88. The fraction of sp³-hybridized carbons (Fsp3) is 0.312. The standard InChI is InChI=1S/C16H17N3O6S/c20-15(12-2-1-3-13(10-12)16(21)22)18-5-7-19(8-6-18)26(23,24)11-14-4-9-25-17-14/h1-4,9-10H,5-8,11H2,(H,21,22). The van der Waals surface area contributed by atoms with Crippen molar-refractivity contribution in [3.8, 4) is 0 Å². The zero-order chi connectivity index (χ0) is 18.7. The smallest absolute Gasteiger partial charge is 0.335 e. The Kier molecular flexibility index (Phi) is 5.05. The zero-order valence-electron chi connectivity index (χ0n) is 13.7. The topological polar surface area (TPSA) is 121 Å². The second-order valence-electron chi connectivity index (χ2n) is 5.82. The van der Waals surface area contributed by atoms with E-state index in [1.54, 1.807) is 6.07 Å². The van der Waals surface area contributed by atoms with E-state index in [9.17, 15) is 18.0 Å². The van der Waals surface area contributed by atoms with Gasteiger partial charge in [-0.1, -0.05) is 11.2 Å². The van der Waals surface area contributed by atoms with E-state index in [0.717, 1.165) is 0 Å². The van der Waals surface area contributed by atoms with Crippen molar-refractivity contribution in [2.24, 2.45) is 0 Å². The van der Waals surface area contributed by atoms with Gasteiger partial charge in [0.25, 0.3) is 5.91 Å². The number of aromatic nitrogens is 1.